The predicted molar refractivity (Wildman–Crippen MR) is 243 cm³/mol. The quantitative estimate of drug-likeness (QED) is 0.123. The molecule has 1 fully saturated rings. The highest BCUT2D eigenvalue weighted by molar-refractivity contribution is 6.62. The average molecular weight is 811 g/mol. The zero-order chi connectivity index (χ0) is 42.1. The van der Waals surface area contributed by atoms with Crippen LogP contribution < -0.4 is 16.9 Å². The SMILES string of the molecule is CC1(C)OB(c2ccc(N)cc2)OC1(C)C.Clc1nc(-c2ccccc2)nc(-c2ccccc2)n1.Nc1ccc(-c2nc(-c3ccccc3)nc(-c3ccccc3)n2)cc1. The summed E-state index contributed by atoms with van der Waals surface area (Å²) >= 11 is 5.99. The lowest BCUT2D eigenvalue weighted by atomic mass is 9.79. The topological polar surface area (TPSA) is 148 Å². The summed E-state index contributed by atoms with van der Waals surface area (Å²) in [5.41, 5.74) is 18.0. The van der Waals surface area contributed by atoms with Crippen LogP contribution in [0.25, 0.3) is 56.9 Å². The van der Waals surface area contributed by atoms with Gasteiger partial charge in [0.05, 0.1) is 11.2 Å². The lowest BCUT2D eigenvalue weighted by Crippen LogP contribution is -2.41. The lowest BCUT2D eigenvalue weighted by Gasteiger charge is -2.32. The van der Waals surface area contributed by atoms with E-state index in [0.717, 1.165) is 39.0 Å². The molecule has 4 N–H and O–H groups in total. The maximum absolute atomic E-state index is 5.99. The predicted octanol–water partition coefficient (Wildman–Crippen LogP) is 9.88. The highest BCUT2D eigenvalue weighted by atomic mass is 35.5. The Kier molecular flexibility index (Phi) is 12.7. The fourth-order valence-corrected chi connectivity index (χ4v) is 6.15. The van der Waals surface area contributed by atoms with E-state index in [-0.39, 0.29) is 23.6 Å². The Morgan fingerprint density at radius 2 is 0.650 bits per heavy atom. The molecular formula is C48H44BClN8O2. The summed E-state index contributed by atoms with van der Waals surface area (Å²) in [5, 5.41) is 0.202. The summed E-state index contributed by atoms with van der Waals surface area (Å²) in [7, 11) is -0.300. The molecule has 10 nitrogen and oxygen atoms in total. The van der Waals surface area contributed by atoms with E-state index in [1.165, 1.54) is 0 Å². The minimum absolute atomic E-state index is 0.202. The molecule has 0 saturated carbocycles. The number of hydrogen-bond donors (Lipinski definition) is 2. The van der Waals surface area contributed by atoms with Gasteiger partial charge in [0.1, 0.15) is 0 Å². The smallest absolute Gasteiger partial charge is 0.399 e. The first-order chi connectivity index (χ1) is 28.9. The van der Waals surface area contributed by atoms with Gasteiger partial charge in [-0.1, -0.05) is 133 Å². The van der Waals surface area contributed by atoms with Gasteiger partial charge in [0.2, 0.25) is 5.28 Å². The molecule has 60 heavy (non-hydrogen) atoms. The van der Waals surface area contributed by atoms with Gasteiger partial charge in [-0.05, 0) is 81.2 Å². The van der Waals surface area contributed by atoms with Gasteiger partial charge in [-0.25, -0.2) is 19.9 Å². The van der Waals surface area contributed by atoms with Crippen molar-refractivity contribution in [3.8, 4) is 56.9 Å². The van der Waals surface area contributed by atoms with Crippen LogP contribution in [0.4, 0.5) is 11.4 Å². The van der Waals surface area contributed by atoms with E-state index in [2.05, 4.69) is 29.9 Å². The molecule has 12 heteroatoms. The van der Waals surface area contributed by atoms with Crippen LogP contribution in [0.1, 0.15) is 27.7 Å². The number of nitrogen functional groups attached to an aromatic ring is 2. The normalized spacial score (nSPS) is 13.7. The third-order valence-corrected chi connectivity index (χ3v) is 10.2. The second-order valence-corrected chi connectivity index (χ2v) is 15.2. The van der Waals surface area contributed by atoms with E-state index in [4.69, 9.17) is 32.4 Å². The van der Waals surface area contributed by atoms with Gasteiger partial charge in [-0.2, -0.15) is 9.97 Å². The van der Waals surface area contributed by atoms with Crippen molar-refractivity contribution >= 4 is 35.6 Å². The molecule has 0 unspecified atom stereocenters. The molecule has 0 bridgehead atoms. The van der Waals surface area contributed by atoms with Gasteiger partial charge < -0.3 is 20.8 Å². The molecule has 2 aromatic heterocycles. The van der Waals surface area contributed by atoms with E-state index >= 15 is 0 Å². The van der Waals surface area contributed by atoms with E-state index in [0.29, 0.717) is 34.8 Å². The second-order valence-electron chi connectivity index (χ2n) is 14.9. The zero-order valence-electron chi connectivity index (χ0n) is 33.8. The van der Waals surface area contributed by atoms with Crippen LogP contribution in [0.2, 0.25) is 5.28 Å². The lowest BCUT2D eigenvalue weighted by molar-refractivity contribution is 0.00578. The summed E-state index contributed by atoms with van der Waals surface area (Å²) in [4.78, 5) is 26.8. The number of benzene rings is 6. The number of hydrogen-bond acceptors (Lipinski definition) is 10. The molecule has 298 valence electrons. The number of nitrogens with two attached hydrogens (primary N) is 2. The number of halogens is 1. The number of anilines is 2. The molecule has 9 rings (SSSR count). The molecule has 1 aliphatic heterocycles. The Balaban J connectivity index is 0.000000140. The minimum Gasteiger partial charge on any atom is -0.399 e. The van der Waals surface area contributed by atoms with Crippen molar-refractivity contribution in [3.63, 3.8) is 0 Å². The van der Waals surface area contributed by atoms with Gasteiger partial charge in [-0.15, -0.1) is 0 Å². The van der Waals surface area contributed by atoms with Crippen LogP contribution in [0.15, 0.2) is 170 Å². The van der Waals surface area contributed by atoms with Crippen LogP contribution in [0.3, 0.4) is 0 Å². The fourth-order valence-electron chi connectivity index (χ4n) is 5.98. The molecule has 0 radical (unpaired) electrons. The Bertz CT molecular complexity index is 2490. The summed E-state index contributed by atoms with van der Waals surface area (Å²) < 4.78 is 11.9. The van der Waals surface area contributed by atoms with Crippen molar-refractivity contribution < 1.29 is 9.31 Å². The number of aromatic nitrogens is 6. The average Bonchev–Trinajstić information content (AvgIpc) is 3.50. The standard InChI is InChI=1S/C21H16N4.C15H10ClN3.C12H18BNO2/c22-18-13-11-17(12-14-18)21-24-19(15-7-3-1-4-8-15)23-20(25-21)16-9-5-2-6-10-16;16-15-18-13(11-7-3-1-4-8-11)17-14(19-15)12-9-5-2-6-10-12;1-11(2)12(3,4)16-13(15-11)9-5-7-10(14)8-6-9/h1-14H,22H2;1-10H;5-8H,14H2,1-4H3. The molecule has 0 aliphatic carbocycles. The molecule has 1 aliphatic rings. The minimum atomic E-state index is -0.300. The van der Waals surface area contributed by atoms with Gasteiger partial charge in [0, 0.05) is 39.2 Å². The van der Waals surface area contributed by atoms with E-state index in [1.807, 2.05) is 198 Å². The van der Waals surface area contributed by atoms with Crippen molar-refractivity contribution in [2.24, 2.45) is 0 Å². The second kappa shape index (κ2) is 18.4. The van der Waals surface area contributed by atoms with Crippen LogP contribution in [0, 0.1) is 0 Å². The summed E-state index contributed by atoms with van der Waals surface area (Å²) in [6.07, 6.45) is 0. The third kappa shape index (κ3) is 10.3. The van der Waals surface area contributed by atoms with Crippen LogP contribution in [0.5, 0.6) is 0 Å². The molecule has 8 aromatic rings. The maximum atomic E-state index is 5.99. The van der Waals surface area contributed by atoms with Crippen molar-refractivity contribution in [3.05, 3.63) is 175 Å². The van der Waals surface area contributed by atoms with E-state index in [1.54, 1.807) is 0 Å². The van der Waals surface area contributed by atoms with Crippen molar-refractivity contribution in [1.29, 1.82) is 0 Å². The fraction of sp³-hybridized carbons (Fsp3) is 0.125. The largest absolute Gasteiger partial charge is 0.494 e. The van der Waals surface area contributed by atoms with Crippen molar-refractivity contribution in [2.75, 3.05) is 11.5 Å². The van der Waals surface area contributed by atoms with Gasteiger partial charge in [-0.3, -0.25) is 0 Å². The Labute approximate surface area is 355 Å². The number of rotatable bonds is 6. The summed E-state index contributed by atoms with van der Waals surface area (Å²) in [6, 6.07) is 54.4. The summed E-state index contributed by atoms with van der Waals surface area (Å²) in [6.45, 7) is 8.18. The first kappa shape index (κ1) is 41.4. The van der Waals surface area contributed by atoms with Gasteiger partial charge >= 0.3 is 7.12 Å². The van der Waals surface area contributed by atoms with Gasteiger partial charge in [0.15, 0.2) is 29.1 Å². The monoisotopic (exact) mass is 810 g/mol. The van der Waals surface area contributed by atoms with Crippen LogP contribution in [-0.2, 0) is 9.31 Å². The zero-order valence-corrected chi connectivity index (χ0v) is 34.5. The molecule has 3 heterocycles. The van der Waals surface area contributed by atoms with Crippen LogP contribution >= 0.6 is 11.6 Å². The molecule has 1 saturated heterocycles. The Hall–Kier alpha value is -6.79. The first-order valence-corrected chi connectivity index (χ1v) is 19.8. The van der Waals surface area contributed by atoms with Crippen molar-refractivity contribution in [2.45, 2.75) is 38.9 Å². The first-order valence-electron chi connectivity index (χ1n) is 19.4. The molecule has 0 amide bonds. The highest BCUT2D eigenvalue weighted by Crippen LogP contribution is 2.36. The Morgan fingerprint density at radius 3 is 0.967 bits per heavy atom. The van der Waals surface area contributed by atoms with Crippen LogP contribution in [-0.4, -0.2) is 48.2 Å². The van der Waals surface area contributed by atoms with Gasteiger partial charge in [0.25, 0.3) is 0 Å². The molecule has 0 spiro atoms. The van der Waals surface area contributed by atoms with E-state index < -0.39 is 0 Å². The highest BCUT2D eigenvalue weighted by Gasteiger charge is 2.51. The van der Waals surface area contributed by atoms with E-state index in [9.17, 15) is 0 Å². The molecule has 0 atom stereocenters. The third-order valence-electron chi connectivity index (χ3n) is 10.0. The maximum Gasteiger partial charge on any atom is 0.494 e. The number of nitrogens with zero attached hydrogens (tertiary/aromatic N) is 6. The molecule has 6 aromatic carbocycles. The van der Waals surface area contributed by atoms with Crippen molar-refractivity contribution in [1.82, 2.24) is 29.9 Å². The molecular weight excluding hydrogens is 767 g/mol. The summed E-state index contributed by atoms with van der Waals surface area (Å²) in [5.74, 6) is 3.11. The Morgan fingerprint density at radius 1 is 0.383 bits per heavy atom.